The molecule has 0 radical (unpaired) electrons. The van der Waals surface area contributed by atoms with E-state index in [1.165, 1.54) is 96.1 Å². The van der Waals surface area contributed by atoms with Gasteiger partial charge in [-0.05, 0) is 57.4 Å². The summed E-state index contributed by atoms with van der Waals surface area (Å²) in [7, 11) is 0. The van der Waals surface area contributed by atoms with Crippen molar-refractivity contribution in [3.05, 3.63) is 169 Å². The van der Waals surface area contributed by atoms with Crippen LogP contribution in [0.4, 0.5) is 5.69 Å². The molecule has 1 aliphatic heterocycles. The second-order valence-corrected chi connectivity index (χ2v) is 17.7. The summed E-state index contributed by atoms with van der Waals surface area (Å²) in [6.45, 7) is 0. The third kappa shape index (κ3) is 3.60. The molecule has 4 heteroatoms. The Morgan fingerprint density at radius 2 is 1.16 bits per heavy atom. The topological polar surface area (TPSA) is 21.7 Å². The van der Waals surface area contributed by atoms with Gasteiger partial charge in [-0.25, -0.2) is 4.99 Å². The number of benzene rings is 8. The Morgan fingerprint density at radius 1 is 0.471 bits per heavy atom. The number of aliphatic imine (C=N–C) groups is 1. The molecule has 1 aliphatic rings. The molecule has 8 aromatic carbocycles. The van der Waals surface area contributed by atoms with Crippen LogP contribution in [0.2, 0.25) is 0 Å². The van der Waals surface area contributed by atoms with Crippen LogP contribution in [0.3, 0.4) is 0 Å². The van der Waals surface area contributed by atoms with E-state index in [0.29, 0.717) is 0 Å². The van der Waals surface area contributed by atoms with Crippen molar-refractivity contribution in [2.75, 3.05) is 0 Å². The van der Waals surface area contributed by atoms with Gasteiger partial charge in [-0.1, -0.05) is 151 Å². The van der Waals surface area contributed by atoms with Gasteiger partial charge in [0.15, 0.2) is 3.84 Å². The fourth-order valence-corrected chi connectivity index (χ4v) is 13.2. The number of hydrogen-bond donors (Lipinski definition) is 0. The molecule has 0 atom stereocenters. The molecular formula is C47H28IN3. The molecule has 11 aromatic rings. The molecule has 0 amide bonds. The van der Waals surface area contributed by atoms with Crippen molar-refractivity contribution in [1.82, 2.24) is 8.97 Å². The van der Waals surface area contributed by atoms with Gasteiger partial charge in [0.05, 0.1) is 33.3 Å². The van der Waals surface area contributed by atoms with E-state index >= 15 is 0 Å². The van der Waals surface area contributed by atoms with Crippen molar-refractivity contribution < 1.29 is 0 Å². The summed E-state index contributed by atoms with van der Waals surface area (Å²) in [4.78, 5) is 5.71. The van der Waals surface area contributed by atoms with E-state index in [4.69, 9.17) is 9.51 Å². The van der Waals surface area contributed by atoms with E-state index in [1.807, 2.05) is 0 Å². The van der Waals surface area contributed by atoms with Gasteiger partial charge in [0, 0.05) is 41.4 Å². The van der Waals surface area contributed by atoms with Crippen molar-refractivity contribution in [1.29, 1.82) is 0 Å². The van der Waals surface area contributed by atoms with Crippen LogP contribution in [0.15, 0.2) is 163 Å². The lowest BCUT2D eigenvalue weighted by Crippen LogP contribution is -2.14. The lowest BCUT2D eigenvalue weighted by atomic mass is 9.98. The maximum atomic E-state index is 5.71. The normalized spacial score (nSPS) is 14.0. The highest BCUT2D eigenvalue weighted by Crippen LogP contribution is 2.47. The van der Waals surface area contributed by atoms with Crippen molar-refractivity contribution in [2.24, 2.45) is 4.99 Å². The van der Waals surface area contributed by atoms with Crippen LogP contribution in [0.5, 0.6) is 0 Å². The van der Waals surface area contributed by atoms with Gasteiger partial charge in [-0.15, -0.1) is 0 Å². The zero-order valence-corrected chi connectivity index (χ0v) is 29.6. The summed E-state index contributed by atoms with van der Waals surface area (Å²) in [5.74, 6) is 0. The Hall–Kier alpha value is -5.98. The van der Waals surface area contributed by atoms with Crippen LogP contribution in [-0.4, -0.2) is 20.8 Å². The molecule has 0 saturated heterocycles. The summed E-state index contributed by atoms with van der Waals surface area (Å²) < 4.78 is 12.6. The Kier molecular flexibility index (Phi) is 5.48. The van der Waals surface area contributed by atoms with Gasteiger partial charge >= 0.3 is 0 Å². The first-order valence-electron chi connectivity index (χ1n) is 17.3. The molecule has 0 bridgehead atoms. The summed E-state index contributed by atoms with van der Waals surface area (Å²) in [6.07, 6.45) is 0. The SMILES string of the molecule is C=I1=C(c2ccccc2)c2ccc3ccccc3c2N=C1n1c2cccc3c4cc5ccccc5cc4n4c5ccccc5c5ccc1c(c32)c54. The molecule has 0 N–H and O–H groups in total. The average molecular weight is 762 g/mol. The van der Waals surface area contributed by atoms with Crippen molar-refractivity contribution in [3.8, 4) is 0 Å². The second kappa shape index (κ2) is 10.1. The lowest BCUT2D eigenvalue weighted by Gasteiger charge is -2.22. The van der Waals surface area contributed by atoms with E-state index in [-0.39, 0.29) is 0 Å². The highest BCUT2D eigenvalue weighted by atomic mass is 127. The number of halogens is 1. The molecular weight excluding hydrogens is 733 g/mol. The molecule has 0 unspecified atom stereocenters. The van der Waals surface area contributed by atoms with Crippen LogP contribution in [0, 0.1) is 0 Å². The molecule has 238 valence electrons. The van der Waals surface area contributed by atoms with Gasteiger partial charge in [-0.2, -0.15) is 0 Å². The van der Waals surface area contributed by atoms with Crippen molar-refractivity contribution >= 4 is 118 Å². The maximum Gasteiger partial charge on any atom is 0.166 e. The first-order chi connectivity index (χ1) is 25.2. The first-order valence-corrected chi connectivity index (χ1v) is 21.0. The number of rotatable bonds is 1. The highest BCUT2D eigenvalue weighted by molar-refractivity contribution is 14.2. The third-order valence-electron chi connectivity index (χ3n) is 11.0. The average Bonchev–Trinajstić information content (AvgIpc) is 3.66. The summed E-state index contributed by atoms with van der Waals surface area (Å²) in [5.41, 5.74) is 9.60. The van der Waals surface area contributed by atoms with Gasteiger partial charge < -0.3 is 4.40 Å². The molecule has 0 spiro atoms. The molecule has 3 aromatic heterocycles. The molecule has 3 nitrogen and oxygen atoms in total. The highest BCUT2D eigenvalue weighted by Gasteiger charge is 2.27. The zero-order valence-electron chi connectivity index (χ0n) is 27.4. The van der Waals surface area contributed by atoms with Crippen LogP contribution in [0.25, 0.3) is 81.4 Å². The number of aromatic nitrogens is 2. The Balaban J connectivity index is 1.32. The Labute approximate surface area is 299 Å². The molecule has 12 rings (SSSR count). The van der Waals surface area contributed by atoms with Gasteiger partial charge in [0.1, 0.15) is 0 Å². The fraction of sp³-hybridized carbons (Fsp3) is 0. The zero-order chi connectivity index (χ0) is 33.4. The molecule has 0 saturated carbocycles. The number of para-hydroxylation sites is 1. The van der Waals surface area contributed by atoms with Crippen molar-refractivity contribution in [2.45, 2.75) is 0 Å². The maximum absolute atomic E-state index is 5.71. The van der Waals surface area contributed by atoms with Crippen molar-refractivity contribution in [3.63, 3.8) is 0 Å². The third-order valence-corrected chi connectivity index (χ3v) is 15.4. The summed E-state index contributed by atoms with van der Waals surface area (Å²) >= 11 is -2.35. The minimum absolute atomic E-state index is 1.05. The molecule has 0 fully saturated rings. The van der Waals surface area contributed by atoms with E-state index in [1.54, 1.807) is 0 Å². The number of hydrogen-bond acceptors (Lipinski definition) is 1. The largest absolute Gasteiger partial charge is 0.308 e. The molecule has 4 heterocycles. The van der Waals surface area contributed by atoms with Crippen LogP contribution in [-0.2, 0) is 0 Å². The van der Waals surface area contributed by atoms with Crippen LogP contribution < -0.4 is 0 Å². The van der Waals surface area contributed by atoms with E-state index in [2.05, 4.69) is 167 Å². The van der Waals surface area contributed by atoms with Crippen LogP contribution >= 0.6 is 18.9 Å². The molecule has 0 aliphatic carbocycles. The monoisotopic (exact) mass is 761 g/mol. The predicted octanol–water partition coefficient (Wildman–Crippen LogP) is 12.3. The van der Waals surface area contributed by atoms with E-state index < -0.39 is 18.9 Å². The van der Waals surface area contributed by atoms with E-state index in [0.717, 1.165) is 9.53 Å². The predicted molar refractivity (Wildman–Crippen MR) is 229 cm³/mol. The minimum Gasteiger partial charge on any atom is -0.308 e. The smallest absolute Gasteiger partial charge is 0.166 e. The fourth-order valence-electron chi connectivity index (χ4n) is 8.83. The standard InChI is InChI=1S/C47H28IN3/c1-48-44(29-13-3-2-4-14-29)36-23-22-28-12-7-8-17-32(28)45(36)49-47(48)51-39-21-11-19-34-37-26-30-15-5-6-16-31(30)27-41(37)50-38-20-10-9-18-33(38)35-24-25-40(51)43(42(34)39)46(35)50/h2-27H,1H2. The Morgan fingerprint density at radius 3 is 2.02 bits per heavy atom. The number of fused-ring (bicyclic) bond motifs is 10. The minimum atomic E-state index is -2.35. The van der Waals surface area contributed by atoms with Gasteiger partial charge in [0.2, 0.25) is 0 Å². The van der Waals surface area contributed by atoms with Gasteiger partial charge in [-0.3, -0.25) is 4.57 Å². The summed E-state index contributed by atoms with van der Waals surface area (Å²) in [6, 6.07) is 58.0. The first kappa shape index (κ1) is 27.8. The lowest BCUT2D eigenvalue weighted by molar-refractivity contribution is 1.30. The quantitative estimate of drug-likeness (QED) is 0.149. The van der Waals surface area contributed by atoms with E-state index in [9.17, 15) is 0 Å². The van der Waals surface area contributed by atoms with Gasteiger partial charge in [0.25, 0.3) is 0 Å². The second-order valence-electron chi connectivity index (χ2n) is 13.6. The molecule has 51 heavy (non-hydrogen) atoms. The summed E-state index contributed by atoms with van der Waals surface area (Å²) in [5, 5.41) is 12.5. The van der Waals surface area contributed by atoms with Crippen LogP contribution in [0.1, 0.15) is 11.1 Å². The Bertz CT molecular complexity index is 3430. The number of nitrogens with zero attached hydrogens (tertiary/aromatic N) is 3.